The monoisotopic (exact) mass is 757 g/mol. The third-order valence-electron chi connectivity index (χ3n) is 10.3. The second kappa shape index (κ2) is 20.2. The predicted molar refractivity (Wildman–Crippen MR) is 225 cm³/mol. The number of para-hydroxylation sites is 1. The predicted octanol–water partition coefficient (Wildman–Crippen LogP) is 11.4. The lowest BCUT2D eigenvalue weighted by Crippen LogP contribution is -2.58. The molecule has 0 fully saturated rings. The van der Waals surface area contributed by atoms with E-state index in [0.29, 0.717) is 35.9 Å². The number of carbonyl (C=O) groups is 3. The van der Waals surface area contributed by atoms with Crippen LogP contribution in [0.2, 0.25) is 0 Å². The highest BCUT2D eigenvalue weighted by atomic mass is 32.1. The first-order valence-corrected chi connectivity index (χ1v) is 21.3. The number of unbranched alkanes of at least 4 members (excludes halogenated alkanes) is 3. The number of amides is 3. The molecule has 1 aromatic heterocycles. The number of benzene rings is 1. The molecule has 0 radical (unpaired) electrons. The molecule has 0 saturated heterocycles. The standard InChI is InChI=1S/C45H67N5O3S/c1-12-17-23-32(15-4)30-48(31-33(16-5)24-18-13-2)43-47-39(44(6,7)8)38(54-43)28-36-35(27-19-14-3)37(29-46)41(52)50(40(36)51)49(42(53)45(9,10)11)34-25-21-20-22-26-34/h20-22,25-26,28,32-33H,12-19,23-24,27,30-31H2,1-11H3/b36-28-. The number of carbonyl (C=O) groups excluding carboxylic acids is 3. The van der Waals surface area contributed by atoms with Crippen LogP contribution in [0.5, 0.6) is 0 Å². The topological polar surface area (TPSA) is 97.6 Å². The van der Waals surface area contributed by atoms with Gasteiger partial charge in [0.15, 0.2) is 5.13 Å². The molecule has 2 unspecified atom stereocenters. The molecule has 2 atom stereocenters. The first kappa shape index (κ1) is 44.6. The molecule has 9 heteroatoms. The van der Waals surface area contributed by atoms with E-state index in [1.807, 2.05) is 19.1 Å². The van der Waals surface area contributed by atoms with Crippen molar-refractivity contribution in [3.8, 4) is 6.07 Å². The highest BCUT2D eigenvalue weighted by Gasteiger charge is 2.45. The molecule has 54 heavy (non-hydrogen) atoms. The molecule has 0 aliphatic carbocycles. The summed E-state index contributed by atoms with van der Waals surface area (Å²) in [5.74, 6) is -0.743. The smallest absolute Gasteiger partial charge is 0.291 e. The van der Waals surface area contributed by atoms with Gasteiger partial charge in [-0.15, -0.1) is 0 Å². The molecule has 296 valence electrons. The van der Waals surface area contributed by atoms with E-state index < -0.39 is 23.1 Å². The van der Waals surface area contributed by atoms with Gasteiger partial charge in [0.25, 0.3) is 17.7 Å². The molecule has 1 aliphatic heterocycles. The molecule has 0 spiro atoms. The lowest BCUT2D eigenvalue weighted by molar-refractivity contribution is -0.147. The van der Waals surface area contributed by atoms with Gasteiger partial charge in [0.05, 0.1) is 16.3 Å². The summed E-state index contributed by atoms with van der Waals surface area (Å²) in [4.78, 5) is 52.1. The van der Waals surface area contributed by atoms with Crippen LogP contribution >= 0.6 is 11.3 Å². The number of aromatic nitrogens is 1. The van der Waals surface area contributed by atoms with Crippen LogP contribution in [0.25, 0.3) is 6.08 Å². The maximum Gasteiger partial charge on any atom is 0.291 e. The number of hydrazine groups is 1. The van der Waals surface area contributed by atoms with Gasteiger partial charge in [0.2, 0.25) is 0 Å². The average molecular weight is 758 g/mol. The van der Waals surface area contributed by atoms with Crippen molar-refractivity contribution in [1.82, 2.24) is 9.99 Å². The fourth-order valence-electron chi connectivity index (χ4n) is 6.88. The Morgan fingerprint density at radius 1 is 0.870 bits per heavy atom. The third kappa shape index (κ3) is 11.1. The molecule has 2 heterocycles. The molecular weight excluding hydrogens is 691 g/mol. The lowest BCUT2D eigenvalue weighted by atomic mass is 9.87. The number of imide groups is 1. The van der Waals surface area contributed by atoms with Crippen LogP contribution in [0.4, 0.5) is 10.8 Å². The second-order valence-electron chi connectivity index (χ2n) is 16.9. The van der Waals surface area contributed by atoms with Gasteiger partial charge in [-0.1, -0.05) is 151 Å². The highest BCUT2D eigenvalue weighted by Crippen LogP contribution is 2.40. The van der Waals surface area contributed by atoms with E-state index >= 15 is 0 Å². The summed E-state index contributed by atoms with van der Waals surface area (Å²) in [6.07, 6.45) is 13.1. The van der Waals surface area contributed by atoms with E-state index in [9.17, 15) is 19.6 Å². The number of rotatable bonds is 19. The van der Waals surface area contributed by atoms with Crippen molar-refractivity contribution < 1.29 is 14.4 Å². The Morgan fingerprint density at radius 3 is 1.89 bits per heavy atom. The number of thiazole rings is 1. The van der Waals surface area contributed by atoms with Crippen molar-refractivity contribution in [2.45, 2.75) is 152 Å². The minimum Gasteiger partial charge on any atom is -0.348 e. The zero-order valence-electron chi connectivity index (χ0n) is 35.2. The van der Waals surface area contributed by atoms with E-state index in [-0.39, 0.29) is 16.6 Å². The van der Waals surface area contributed by atoms with E-state index in [1.165, 1.54) is 43.5 Å². The van der Waals surface area contributed by atoms with Gasteiger partial charge < -0.3 is 4.90 Å². The summed E-state index contributed by atoms with van der Waals surface area (Å²) < 4.78 is 0. The van der Waals surface area contributed by atoms with Gasteiger partial charge in [-0.05, 0) is 61.3 Å². The molecule has 1 aliphatic rings. The Kier molecular flexibility index (Phi) is 16.7. The minimum absolute atomic E-state index is 0.107. The SMILES string of the molecule is CCCCC1=C(C#N)C(=O)N(N(C(=O)C(C)(C)C)c2ccccc2)C(=O)/C1=C\c1sc(N(CC(CC)CCCC)CC(CC)CCCC)nc1C(C)(C)C. The summed E-state index contributed by atoms with van der Waals surface area (Å²) in [6, 6.07) is 10.9. The van der Waals surface area contributed by atoms with Crippen LogP contribution in [0.1, 0.15) is 157 Å². The van der Waals surface area contributed by atoms with Crippen molar-refractivity contribution in [3.63, 3.8) is 0 Å². The third-order valence-corrected chi connectivity index (χ3v) is 11.4. The van der Waals surface area contributed by atoms with E-state index in [2.05, 4.69) is 59.4 Å². The van der Waals surface area contributed by atoms with E-state index in [4.69, 9.17) is 4.98 Å². The van der Waals surface area contributed by atoms with E-state index in [0.717, 1.165) is 53.1 Å². The zero-order valence-corrected chi connectivity index (χ0v) is 36.0. The summed E-state index contributed by atoms with van der Waals surface area (Å²) >= 11 is 1.59. The van der Waals surface area contributed by atoms with Gasteiger partial charge in [-0.25, -0.2) is 9.99 Å². The van der Waals surface area contributed by atoms with E-state index in [1.54, 1.807) is 56.4 Å². The Labute approximate surface area is 330 Å². The molecule has 8 nitrogen and oxygen atoms in total. The average Bonchev–Trinajstić information content (AvgIpc) is 3.57. The summed E-state index contributed by atoms with van der Waals surface area (Å²) in [5.41, 5.74) is 0.546. The van der Waals surface area contributed by atoms with Crippen LogP contribution < -0.4 is 9.91 Å². The molecule has 3 rings (SSSR count). The second-order valence-corrected chi connectivity index (χ2v) is 18.0. The molecule has 0 bridgehead atoms. The first-order valence-electron chi connectivity index (χ1n) is 20.5. The molecule has 0 N–H and O–H groups in total. The summed E-state index contributed by atoms with van der Waals surface area (Å²) in [6.45, 7) is 24.6. The van der Waals surface area contributed by atoms with Gasteiger partial charge in [0.1, 0.15) is 11.6 Å². The van der Waals surface area contributed by atoms with Crippen molar-refractivity contribution in [2.24, 2.45) is 17.3 Å². The number of anilines is 2. The van der Waals surface area contributed by atoms with Gasteiger partial charge in [-0.2, -0.15) is 10.3 Å². The normalized spacial score (nSPS) is 15.8. The lowest BCUT2D eigenvalue weighted by Gasteiger charge is -2.39. The van der Waals surface area contributed by atoms with Crippen molar-refractivity contribution in [2.75, 3.05) is 23.0 Å². The Hall–Kier alpha value is -3.77. The number of hydrogen-bond acceptors (Lipinski definition) is 7. The molecule has 3 amide bonds. The van der Waals surface area contributed by atoms with Gasteiger partial charge in [-0.3, -0.25) is 14.4 Å². The van der Waals surface area contributed by atoms with Crippen LogP contribution in [-0.4, -0.2) is 40.8 Å². The van der Waals surface area contributed by atoms with Crippen molar-refractivity contribution in [3.05, 3.63) is 57.6 Å². The van der Waals surface area contributed by atoms with Crippen molar-refractivity contribution in [1.29, 1.82) is 5.26 Å². The molecular formula is C45H67N5O3S. The fraction of sp³-hybridized carbons (Fsp3) is 0.622. The molecule has 0 saturated carbocycles. The first-order chi connectivity index (χ1) is 25.6. The largest absolute Gasteiger partial charge is 0.348 e. The van der Waals surface area contributed by atoms with Crippen LogP contribution in [0, 0.1) is 28.6 Å². The molecule has 1 aromatic carbocycles. The Morgan fingerprint density at radius 2 is 1.43 bits per heavy atom. The summed E-state index contributed by atoms with van der Waals surface area (Å²) in [5, 5.41) is 13.6. The number of hydrogen-bond donors (Lipinski definition) is 0. The fourth-order valence-corrected chi connectivity index (χ4v) is 8.12. The molecule has 2 aromatic rings. The van der Waals surface area contributed by atoms with Crippen LogP contribution in [0.3, 0.4) is 0 Å². The Bertz CT molecular complexity index is 1650. The summed E-state index contributed by atoms with van der Waals surface area (Å²) in [7, 11) is 0. The van der Waals surface area contributed by atoms with Crippen LogP contribution in [-0.2, 0) is 19.8 Å². The minimum atomic E-state index is -0.935. The number of nitriles is 1. The maximum atomic E-state index is 15.0. The zero-order chi connectivity index (χ0) is 40.2. The van der Waals surface area contributed by atoms with Gasteiger partial charge in [0, 0.05) is 29.5 Å². The van der Waals surface area contributed by atoms with Gasteiger partial charge >= 0.3 is 0 Å². The van der Waals surface area contributed by atoms with Crippen LogP contribution in [0.15, 0.2) is 47.1 Å². The van der Waals surface area contributed by atoms with Crippen molar-refractivity contribution >= 4 is 46.0 Å². The highest BCUT2D eigenvalue weighted by molar-refractivity contribution is 7.16. The Balaban J connectivity index is 2.34. The quantitative estimate of drug-likeness (QED) is 0.105. The maximum absolute atomic E-state index is 15.0. The number of nitrogens with zero attached hydrogens (tertiary/aromatic N) is 5.